The maximum Gasteiger partial charge on any atom is 0.227 e. The Morgan fingerprint density at radius 2 is 1.94 bits per heavy atom. The molecule has 18 heavy (non-hydrogen) atoms. The average Bonchev–Trinajstić information content (AvgIpc) is 2.43. The Kier molecular flexibility index (Phi) is 5.86. The van der Waals surface area contributed by atoms with Gasteiger partial charge in [-0.05, 0) is 37.1 Å². The number of benzene rings is 1. The van der Waals surface area contributed by atoms with E-state index in [2.05, 4.69) is 31.3 Å². The molecular formula is C15H24N2O. The molecule has 0 bridgehead atoms. The van der Waals surface area contributed by atoms with Crippen LogP contribution in [0.3, 0.4) is 0 Å². The summed E-state index contributed by atoms with van der Waals surface area (Å²) in [5, 5.41) is 2.99. The molecule has 3 heteroatoms. The fourth-order valence-corrected chi connectivity index (χ4v) is 1.81. The normalized spacial score (nSPS) is 12.2. The Bertz CT molecular complexity index is 373. The number of carbonyl (C=O) groups excluding carboxylic acids is 1. The van der Waals surface area contributed by atoms with Crippen molar-refractivity contribution in [2.24, 2.45) is 0 Å². The standard InChI is InChI=1S/C15H24N2O/c1-5-12(2)13-6-8-14(9-7-13)17(4)15(18)10-11-16-3/h6-9,12,16H,5,10-11H2,1-4H3. The molecule has 0 fully saturated rings. The molecule has 0 aliphatic heterocycles. The topological polar surface area (TPSA) is 32.3 Å². The minimum Gasteiger partial charge on any atom is -0.319 e. The molecule has 1 atom stereocenters. The summed E-state index contributed by atoms with van der Waals surface area (Å²) < 4.78 is 0. The van der Waals surface area contributed by atoms with Gasteiger partial charge >= 0.3 is 0 Å². The van der Waals surface area contributed by atoms with Crippen molar-refractivity contribution in [2.45, 2.75) is 32.6 Å². The highest BCUT2D eigenvalue weighted by atomic mass is 16.2. The average molecular weight is 248 g/mol. The first kappa shape index (κ1) is 14.7. The van der Waals surface area contributed by atoms with Crippen LogP contribution >= 0.6 is 0 Å². The molecule has 1 aromatic rings. The third-order valence-electron chi connectivity index (χ3n) is 3.42. The predicted octanol–water partition coefficient (Wildman–Crippen LogP) is 2.77. The summed E-state index contributed by atoms with van der Waals surface area (Å²) in [5.41, 5.74) is 2.29. The Hall–Kier alpha value is -1.35. The number of hydrogen-bond acceptors (Lipinski definition) is 2. The Morgan fingerprint density at radius 3 is 2.44 bits per heavy atom. The van der Waals surface area contributed by atoms with E-state index < -0.39 is 0 Å². The molecule has 1 unspecified atom stereocenters. The fraction of sp³-hybridized carbons (Fsp3) is 0.533. The Morgan fingerprint density at radius 1 is 1.33 bits per heavy atom. The second kappa shape index (κ2) is 7.17. The number of anilines is 1. The fourth-order valence-electron chi connectivity index (χ4n) is 1.81. The molecule has 0 aliphatic rings. The van der Waals surface area contributed by atoms with Crippen molar-refractivity contribution in [3.8, 4) is 0 Å². The van der Waals surface area contributed by atoms with Crippen LogP contribution in [0, 0.1) is 0 Å². The van der Waals surface area contributed by atoms with Gasteiger partial charge in [0.15, 0.2) is 0 Å². The monoisotopic (exact) mass is 248 g/mol. The third-order valence-corrected chi connectivity index (χ3v) is 3.42. The van der Waals surface area contributed by atoms with E-state index in [9.17, 15) is 4.79 Å². The van der Waals surface area contributed by atoms with E-state index >= 15 is 0 Å². The van der Waals surface area contributed by atoms with Crippen molar-refractivity contribution in [3.63, 3.8) is 0 Å². The molecule has 0 heterocycles. The molecule has 0 saturated heterocycles. The Balaban J connectivity index is 2.69. The lowest BCUT2D eigenvalue weighted by atomic mass is 9.98. The zero-order chi connectivity index (χ0) is 13.5. The summed E-state index contributed by atoms with van der Waals surface area (Å²) >= 11 is 0. The van der Waals surface area contributed by atoms with Gasteiger partial charge < -0.3 is 10.2 Å². The van der Waals surface area contributed by atoms with Crippen molar-refractivity contribution < 1.29 is 4.79 Å². The van der Waals surface area contributed by atoms with Crippen LogP contribution < -0.4 is 10.2 Å². The zero-order valence-electron chi connectivity index (χ0n) is 11.9. The quantitative estimate of drug-likeness (QED) is 0.839. The van der Waals surface area contributed by atoms with Gasteiger partial charge in [-0.25, -0.2) is 0 Å². The molecule has 0 aliphatic carbocycles. The van der Waals surface area contributed by atoms with E-state index in [1.165, 1.54) is 5.56 Å². The molecule has 0 radical (unpaired) electrons. The van der Waals surface area contributed by atoms with E-state index in [1.807, 2.05) is 26.2 Å². The molecule has 1 aromatic carbocycles. The van der Waals surface area contributed by atoms with Crippen LogP contribution in [0.4, 0.5) is 5.69 Å². The van der Waals surface area contributed by atoms with Crippen molar-refractivity contribution in [1.29, 1.82) is 0 Å². The van der Waals surface area contributed by atoms with Crippen LogP contribution in [0.2, 0.25) is 0 Å². The van der Waals surface area contributed by atoms with E-state index in [0.29, 0.717) is 18.9 Å². The molecule has 3 nitrogen and oxygen atoms in total. The lowest BCUT2D eigenvalue weighted by Gasteiger charge is -2.18. The molecule has 0 saturated carbocycles. The minimum absolute atomic E-state index is 0.139. The van der Waals surface area contributed by atoms with Gasteiger partial charge in [-0.3, -0.25) is 4.79 Å². The van der Waals surface area contributed by atoms with Gasteiger partial charge in [0, 0.05) is 25.7 Å². The second-order valence-corrected chi connectivity index (χ2v) is 4.71. The van der Waals surface area contributed by atoms with Crippen molar-refractivity contribution in [1.82, 2.24) is 5.32 Å². The minimum atomic E-state index is 0.139. The highest BCUT2D eigenvalue weighted by Gasteiger charge is 2.10. The molecule has 1 N–H and O–H groups in total. The van der Waals surface area contributed by atoms with Gasteiger partial charge in [-0.1, -0.05) is 26.0 Å². The van der Waals surface area contributed by atoms with Crippen LogP contribution in [0.1, 0.15) is 38.2 Å². The van der Waals surface area contributed by atoms with Crippen LogP contribution in [0.25, 0.3) is 0 Å². The first-order valence-corrected chi connectivity index (χ1v) is 6.61. The predicted molar refractivity (Wildman–Crippen MR) is 77.1 cm³/mol. The summed E-state index contributed by atoms with van der Waals surface area (Å²) in [4.78, 5) is 13.6. The van der Waals surface area contributed by atoms with Crippen molar-refractivity contribution in [2.75, 3.05) is 25.5 Å². The van der Waals surface area contributed by atoms with E-state index in [1.54, 1.807) is 4.90 Å². The van der Waals surface area contributed by atoms with Gasteiger partial charge in [0.1, 0.15) is 0 Å². The number of amides is 1. The first-order chi connectivity index (χ1) is 8.60. The first-order valence-electron chi connectivity index (χ1n) is 6.61. The van der Waals surface area contributed by atoms with Crippen LogP contribution in [0.5, 0.6) is 0 Å². The summed E-state index contributed by atoms with van der Waals surface area (Å²) in [7, 11) is 3.68. The zero-order valence-corrected chi connectivity index (χ0v) is 11.9. The summed E-state index contributed by atoms with van der Waals surface area (Å²) in [6, 6.07) is 8.29. The van der Waals surface area contributed by atoms with Gasteiger partial charge in [-0.2, -0.15) is 0 Å². The second-order valence-electron chi connectivity index (χ2n) is 4.71. The number of rotatable bonds is 6. The molecule has 0 spiro atoms. The molecular weight excluding hydrogens is 224 g/mol. The summed E-state index contributed by atoms with van der Waals surface area (Å²) in [5.74, 6) is 0.713. The Labute approximate surface area is 110 Å². The number of nitrogens with one attached hydrogen (secondary N) is 1. The third kappa shape index (κ3) is 3.84. The number of hydrogen-bond donors (Lipinski definition) is 1. The van der Waals surface area contributed by atoms with Gasteiger partial charge in [0.2, 0.25) is 5.91 Å². The van der Waals surface area contributed by atoms with Crippen molar-refractivity contribution in [3.05, 3.63) is 29.8 Å². The lowest BCUT2D eigenvalue weighted by molar-refractivity contribution is -0.118. The molecule has 100 valence electrons. The lowest BCUT2D eigenvalue weighted by Crippen LogP contribution is -2.28. The van der Waals surface area contributed by atoms with E-state index in [-0.39, 0.29) is 5.91 Å². The highest BCUT2D eigenvalue weighted by Crippen LogP contribution is 2.22. The van der Waals surface area contributed by atoms with E-state index in [4.69, 9.17) is 0 Å². The van der Waals surface area contributed by atoms with E-state index in [0.717, 1.165) is 12.1 Å². The summed E-state index contributed by atoms with van der Waals surface area (Å²) in [6.07, 6.45) is 1.66. The maximum absolute atomic E-state index is 11.9. The smallest absolute Gasteiger partial charge is 0.227 e. The van der Waals surface area contributed by atoms with Crippen LogP contribution in [0.15, 0.2) is 24.3 Å². The number of nitrogens with zero attached hydrogens (tertiary/aromatic N) is 1. The van der Waals surface area contributed by atoms with Crippen LogP contribution in [-0.4, -0.2) is 26.5 Å². The molecule has 0 aromatic heterocycles. The van der Waals surface area contributed by atoms with Crippen molar-refractivity contribution >= 4 is 11.6 Å². The largest absolute Gasteiger partial charge is 0.319 e. The van der Waals surface area contributed by atoms with Crippen LogP contribution in [-0.2, 0) is 4.79 Å². The van der Waals surface area contributed by atoms with Gasteiger partial charge in [-0.15, -0.1) is 0 Å². The number of carbonyl (C=O) groups is 1. The molecule has 1 amide bonds. The van der Waals surface area contributed by atoms with Gasteiger partial charge in [0.25, 0.3) is 0 Å². The SMILES string of the molecule is CCC(C)c1ccc(N(C)C(=O)CCNC)cc1. The highest BCUT2D eigenvalue weighted by molar-refractivity contribution is 5.92. The molecule has 1 rings (SSSR count). The summed E-state index contributed by atoms with van der Waals surface area (Å²) in [6.45, 7) is 5.12. The maximum atomic E-state index is 11.9. The van der Waals surface area contributed by atoms with Gasteiger partial charge in [0.05, 0.1) is 0 Å².